The van der Waals surface area contributed by atoms with E-state index in [-0.39, 0.29) is 30.2 Å². The van der Waals surface area contributed by atoms with Gasteiger partial charge in [0, 0.05) is 26.1 Å². The highest BCUT2D eigenvalue weighted by Crippen LogP contribution is 2.26. The van der Waals surface area contributed by atoms with E-state index in [1.807, 2.05) is 0 Å². The van der Waals surface area contributed by atoms with Crippen LogP contribution in [0.4, 0.5) is 0 Å². The van der Waals surface area contributed by atoms with Crippen molar-refractivity contribution in [1.29, 1.82) is 0 Å². The molecule has 4 rings (SSSR count). The van der Waals surface area contributed by atoms with Gasteiger partial charge in [0.25, 0.3) is 0 Å². The molecule has 25 heavy (non-hydrogen) atoms. The minimum absolute atomic E-state index is 0.0619. The fourth-order valence-corrected chi connectivity index (χ4v) is 4.27. The van der Waals surface area contributed by atoms with Crippen molar-refractivity contribution in [3.63, 3.8) is 0 Å². The third-order valence-electron chi connectivity index (χ3n) is 4.03. The number of ether oxygens (including phenoxy) is 1. The van der Waals surface area contributed by atoms with Crippen molar-refractivity contribution in [1.82, 2.24) is 14.3 Å². The van der Waals surface area contributed by atoms with Crippen LogP contribution in [0, 0.1) is 0 Å². The van der Waals surface area contributed by atoms with Crippen LogP contribution in [0.2, 0.25) is 0 Å². The quantitative estimate of drug-likeness (QED) is 0.732. The maximum absolute atomic E-state index is 12.9. The van der Waals surface area contributed by atoms with Crippen molar-refractivity contribution in [3.05, 3.63) is 46.1 Å². The number of nitrogens with zero attached hydrogens (tertiary/aromatic N) is 2. The molecular weight excluding hydrogens is 350 g/mol. The zero-order valence-corrected chi connectivity index (χ0v) is 14.1. The second-order valence-corrected chi connectivity index (χ2v) is 7.61. The van der Waals surface area contributed by atoms with Gasteiger partial charge in [-0.15, -0.1) is 0 Å². The Kier molecular flexibility index (Phi) is 3.74. The SMILES string of the molecule is COCc1nc2c(o1)CCN(S(=O)(=O)c1ccc3[nH]c(=O)oc3c1)C2. The van der Waals surface area contributed by atoms with E-state index in [1.54, 1.807) is 0 Å². The number of hydrogen-bond donors (Lipinski definition) is 1. The molecule has 0 atom stereocenters. The van der Waals surface area contributed by atoms with Gasteiger partial charge in [-0.2, -0.15) is 4.31 Å². The van der Waals surface area contributed by atoms with E-state index in [9.17, 15) is 13.2 Å². The fourth-order valence-electron chi connectivity index (χ4n) is 2.85. The number of hydrogen-bond acceptors (Lipinski definition) is 7. The molecule has 0 unspecified atom stereocenters. The van der Waals surface area contributed by atoms with Gasteiger partial charge in [-0.3, -0.25) is 4.98 Å². The molecule has 0 spiro atoms. The third-order valence-corrected chi connectivity index (χ3v) is 5.88. The zero-order valence-electron chi connectivity index (χ0n) is 13.3. The van der Waals surface area contributed by atoms with Crippen LogP contribution < -0.4 is 5.76 Å². The summed E-state index contributed by atoms with van der Waals surface area (Å²) in [6.45, 7) is 0.648. The number of fused-ring (bicyclic) bond motifs is 2. The molecule has 0 amide bonds. The van der Waals surface area contributed by atoms with Crippen molar-refractivity contribution in [3.8, 4) is 0 Å². The molecule has 1 aromatic carbocycles. The van der Waals surface area contributed by atoms with Crippen molar-refractivity contribution >= 4 is 21.1 Å². The summed E-state index contributed by atoms with van der Waals surface area (Å²) in [5.41, 5.74) is 1.24. The standard InChI is InChI=1S/C15H15N3O6S/c1-22-8-14-16-11-7-18(5-4-12(11)23-14)25(20,21)9-2-3-10-13(6-9)24-15(19)17-10/h2-3,6H,4-5,7-8H2,1H3,(H,17,19). The Hall–Kier alpha value is -2.43. The second-order valence-electron chi connectivity index (χ2n) is 5.67. The maximum atomic E-state index is 12.9. The molecule has 1 aliphatic rings. The lowest BCUT2D eigenvalue weighted by Crippen LogP contribution is -2.35. The number of rotatable bonds is 4. The fraction of sp³-hybridized carbons (Fsp3) is 0.333. The molecule has 3 heterocycles. The molecule has 0 fully saturated rings. The van der Waals surface area contributed by atoms with Crippen LogP contribution in [0.1, 0.15) is 17.3 Å². The van der Waals surface area contributed by atoms with Gasteiger partial charge in [-0.25, -0.2) is 18.2 Å². The molecule has 132 valence electrons. The van der Waals surface area contributed by atoms with Gasteiger partial charge in [0.2, 0.25) is 15.9 Å². The predicted molar refractivity (Wildman–Crippen MR) is 85.4 cm³/mol. The first-order valence-electron chi connectivity index (χ1n) is 7.57. The topological polar surface area (TPSA) is 119 Å². The summed E-state index contributed by atoms with van der Waals surface area (Å²) in [7, 11) is -2.21. The van der Waals surface area contributed by atoms with Crippen LogP contribution in [-0.2, 0) is 34.3 Å². The first kappa shape index (κ1) is 16.1. The van der Waals surface area contributed by atoms with E-state index in [4.69, 9.17) is 13.6 Å². The predicted octanol–water partition coefficient (Wildman–Crippen LogP) is 1.00. The lowest BCUT2D eigenvalue weighted by molar-refractivity contribution is 0.158. The molecule has 10 heteroatoms. The van der Waals surface area contributed by atoms with Gasteiger partial charge < -0.3 is 13.6 Å². The number of aromatic amines is 1. The Morgan fingerprint density at radius 3 is 3.00 bits per heavy atom. The van der Waals surface area contributed by atoms with E-state index in [2.05, 4.69) is 9.97 Å². The highest BCUT2D eigenvalue weighted by Gasteiger charge is 2.31. The Balaban J connectivity index is 1.66. The van der Waals surface area contributed by atoms with Crippen molar-refractivity contribution in [2.45, 2.75) is 24.5 Å². The highest BCUT2D eigenvalue weighted by atomic mass is 32.2. The average molecular weight is 365 g/mol. The summed E-state index contributed by atoms with van der Waals surface area (Å²) in [5, 5.41) is 0. The highest BCUT2D eigenvalue weighted by molar-refractivity contribution is 7.89. The zero-order chi connectivity index (χ0) is 17.6. The van der Waals surface area contributed by atoms with Gasteiger partial charge in [-0.1, -0.05) is 0 Å². The lowest BCUT2D eigenvalue weighted by atomic mass is 10.2. The van der Waals surface area contributed by atoms with E-state index >= 15 is 0 Å². The summed E-state index contributed by atoms with van der Waals surface area (Å²) in [6.07, 6.45) is 0.437. The molecule has 1 N–H and O–H groups in total. The number of methoxy groups -OCH3 is 1. The maximum Gasteiger partial charge on any atom is 0.417 e. The number of benzene rings is 1. The van der Waals surface area contributed by atoms with E-state index in [0.29, 0.717) is 29.3 Å². The van der Waals surface area contributed by atoms with Crippen LogP contribution in [0.15, 0.2) is 36.7 Å². The average Bonchev–Trinajstić information content (AvgIpc) is 3.14. The number of nitrogens with one attached hydrogen (secondary N) is 1. The molecule has 2 aromatic heterocycles. The van der Waals surface area contributed by atoms with Crippen LogP contribution in [0.5, 0.6) is 0 Å². The first-order chi connectivity index (χ1) is 12.0. The van der Waals surface area contributed by atoms with Gasteiger partial charge >= 0.3 is 5.76 Å². The molecule has 3 aromatic rings. The number of aromatic nitrogens is 2. The van der Waals surface area contributed by atoms with Crippen molar-refractivity contribution in [2.75, 3.05) is 13.7 Å². The summed E-state index contributed by atoms with van der Waals surface area (Å²) in [5.74, 6) is 0.494. The van der Waals surface area contributed by atoms with E-state index in [1.165, 1.54) is 29.6 Å². The largest absolute Gasteiger partial charge is 0.443 e. The van der Waals surface area contributed by atoms with Crippen molar-refractivity contribution < 1.29 is 22.0 Å². The monoisotopic (exact) mass is 365 g/mol. The van der Waals surface area contributed by atoms with Gasteiger partial charge in [0.15, 0.2) is 5.58 Å². The molecule has 0 saturated carbocycles. The van der Waals surface area contributed by atoms with Gasteiger partial charge in [0.05, 0.1) is 22.7 Å². The summed E-state index contributed by atoms with van der Waals surface area (Å²) < 4.78 is 42.6. The van der Waals surface area contributed by atoms with E-state index < -0.39 is 15.8 Å². The molecule has 0 bridgehead atoms. The Labute approximate surface area is 142 Å². The summed E-state index contributed by atoms with van der Waals surface area (Å²) in [4.78, 5) is 18.1. The Morgan fingerprint density at radius 1 is 1.36 bits per heavy atom. The van der Waals surface area contributed by atoms with Crippen LogP contribution in [0.3, 0.4) is 0 Å². The molecular formula is C15H15N3O6S. The van der Waals surface area contributed by atoms with Crippen LogP contribution >= 0.6 is 0 Å². The second kappa shape index (κ2) is 5.83. The van der Waals surface area contributed by atoms with Gasteiger partial charge in [0.1, 0.15) is 12.4 Å². The van der Waals surface area contributed by atoms with E-state index in [0.717, 1.165) is 0 Å². The minimum Gasteiger partial charge on any atom is -0.443 e. The number of H-pyrrole nitrogens is 1. The summed E-state index contributed by atoms with van der Waals surface area (Å²) >= 11 is 0. The normalized spacial score (nSPS) is 15.6. The minimum atomic E-state index is -3.75. The molecule has 1 aliphatic heterocycles. The summed E-state index contributed by atoms with van der Waals surface area (Å²) in [6, 6.07) is 4.30. The number of sulfonamides is 1. The molecule has 9 nitrogen and oxygen atoms in total. The molecule has 0 saturated heterocycles. The first-order valence-corrected chi connectivity index (χ1v) is 9.01. The van der Waals surface area contributed by atoms with Crippen LogP contribution in [-0.4, -0.2) is 36.3 Å². The smallest absolute Gasteiger partial charge is 0.417 e. The Morgan fingerprint density at radius 2 is 2.20 bits per heavy atom. The lowest BCUT2D eigenvalue weighted by Gasteiger charge is -2.24. The van der Waals surface area contributed by atoms with Gasteiger partial charge in [-0.05, 0) is 12.1 Å². The molecule has 0 radical (unpaired) electrons. The Bertz CT molecular complexity index is 1090. The molecule has 0 aliphatic carbocycles. The number of oxazole rings is 2. The third kappa shape index (κ3) is 2.77. The van der Waals surface area contributed by atoms with Crippen molar-refractivity contribution in [2.24, 2.45) is 0 Å². The van der Waals surface area contributed by atoms with Crippen LogP contribution in [0.25, 0.3) is 11.1 Å².